The zero-order valence-corrected chi connectivity index (χ0v) is 16.2. The summed E-state index contributed by atoms with van der Waals surface area (Å²) in [7, 11) is 1.58. The van der Waals surface area contributed by atoms with Crippen molar-refractivity contribution in [1.29, 1.82) is 0 Å². The molecule has 2 aromatic heterocycles. The van der Waals surface area contributed by atoms with Crippen LogP contribution in [0.3, 0.4) is 0 Å². The van der Waals surface area contributed by atoms with Gasteiger partial charge in [0, 0.05) is 0 Å². The number of carbonyl (C=O) groups excluding carboxylic acids is 2. The quantitative estimate of drug-likeness (QED) is 0.673. The van der Waals surface area contributed by atoms with Crippen LogP contribution in [-0.4, -0.2) is 29.9 Å². The van der Waals surface area contributed by atoms with Crippen LogP contribution in [0.2, 0.25) is 0 Å². The van der Waals surface area contributed by atoms with E-state index in [1.165, 1.54) is 22.7 Å². The summed E-state index contributed by atoms with van der Waals surface area (Å²) in [4.78, 5) is 30.0. The maximum atomic E-state index is 12.7. The molecular formula is C18H19N3O3S2. The molecule has 0 saturated carbocycles. The van der Waals surface area contributed by atoms with E-state index in [-0.39, 0.29) is 17.7 Å². The number of rotatable bonds is 6. The Labute approximate surface area is 159 Å². The largest absolute Gasteiger partial charge is 0.494 e. The average molecular weight is 390 g/mol. The Bertz CT molecular complexity index is 919. The van der Waals surface area contributed by atoms with Gasteiger partial charge in [0.1, 0.15) is 17.3 Å². The molecule has 8 heteroatoms. The van der Waals surface area contributed by atoms with E-state index >= 15 is 0 Å². The number of para-hydroxylation sites is 1. The van der Waals surface area contributed by atoms with Crippen LogP contribution in [0.5, 0.6) is 5.75 Å². The lowest BCUT2D eigenvalue weighted by Crippen LogP contribution is -2.46. The molecule has 0 radical (unpaired) electrons. The van der Waals surface area contributed by atoms with E-state index in [9.17, 15) is 9.59 Å². The third-order valence-corrected chi connectivity index (χ3v) is 5.62. The predicted molar refractivity (Wildman–Crippen MR) is 105 cm³/mol. The van der Waals surface area contributed by atoms with Crippen LogP contribution in [0.25, 0.3) is 10.2 Å². The van der Waals surface area contributed by atoms with E-state index < -0.39 is 6.04 Å². The number of amides is 2. The molecule has 6 nitrogen and oxygen atoms in total. The van der Waals surface area contributed by atoms with Gasteiger partial charge in [-0.05, 0) is 29.5 Å². The second-order valence-electron chi connectivity index (χ2n) is 5.99. The summed E-state index contributed by atoms with van der Waals surface area (Å²) in [5.41, 5.74) is 0.707. The number of anilines is 1. The van der Waals surface area contributed by atoms with Gasteiger partial charge in [-0.25, -0.2) is 4.98 Å². The van der Waals surface area contributed by atoms with Gasteiger partial charge in [-0.2, -0.15) is 0 Å². The summed E-state index contributed by atoms with van der Waals surface area (Å²) in [5, 5.41) is 7.93. The fraction of sp³-hybridized carbons (Fsp3) is 0.278. The molecule has 0 spiro atoms. The van der Waals surface area contributed by atoms with Crippen molar-refractivity contribution in [3.05, 3.63) is 40.6 Å². The van der Waals surface area contributed by atoms with Gasteiger partial charge in [0.2, 0.25) is 5.91 Å². The molecule has 1 unspecified atom stereocenters. The Hall–Kier alpha value is -2.45. The van der Waals surface area contributed by atoms with E-state index in [2.05, 4.69) is 15.6 Å². The molecule has 136 valence electrons. The van der Waals surface area contributed by atoms with Crippen molar-refractivity contribution >= 4 is 49.8 Å². The van der Waals surface area contributed by atoms with Crippen molar-refractivity contribution < 1.29 is 14.3 Å². The average Bonchev–Trinajstić information content (AvgIpc) is 3.27. The summed E-state index contributed by atoms with van der Waals surface area (Å²) >= 11 is 2.71. The summed E-state index contributed by atoms with van der Waals surface area (Å²) < 4.78 is 6.22. The number of carbonyl (C=O) groups is 2. The van der Waals surface area contributed by atoms with Crippen molar-refractivity contribution in [2.45, 2.75) is 19.9 Å². The molecule has 0 saturated heterocycles. The fourth-order valence-corrected chi connectivity index (χ4v) is 3.99. The summed E-state index contributed by atoms with van der Waals surface area (Å²) in [6.45, 7) is 3.78. The van der Waals surface area contributed by atoms with Crippen LogP contribution in [0.15, 0.2) is 35.7 Å². The third kappa shape index (κ3) is 3.86. The first-order valence-electron chi connectivity index (χ1n) is 8.08. The molecule has 3 aromatic rings. The standard InChI is InChI=1S/C18H19N3O3S2/c1-10(2)14(19-16(22)13-8-5-9-25-13)17(23)21-18-20-15-11(24-3)6-4-7-12(15)26-18/h4-10,14H,1-3H3,(H,19,22)(H,20,21,23). The Morgan fingerprint density at radius 2 is 2.00 bits per heavy atom. The molecular weight excluding hydrogens is 370 g/mol. The smallest absolute Gasteiger partial charge is 0.262 e. The summed E-state index contributed by atoms with van der Waals surface area (Å²) in [6, 6.07) is 8.50. The van der Waals surface area contributed by atoms with Crippen LogP contribution in [0.1, 0.15) is 23.5 Å². The Kier molecular flexibility index (Phi) is 5.53. The minimum Gasteiger partial charge on any atom is -0.494 e. The first-order valence-corrected chi connectivity index (χ1v) is 9.78. The van der Waals surface area contributed by atoms with Crippen molar-refractivity contribution in [3.63, 3.8) is 0 Å². The Morgan fingerprint density at radius 3 is 2.65 bits per heavy atom. The number of methoxy groups -OCH3 is 1. The minimum absolute atomic E-state index is 0.0668. The number of fused-ring (bicyclic) bond motifs is 1. The number of hydrogen-bond donors (Lipinski definition) is 2. The molecule has 2 amide bonds. The van der Waals surface area contributed by atoms with Gasteiger partial charge in [0.25, 0.3) is 5.91 Å². The number of benzene rings is 1. The van der Waals surface area contributed by atoms with Crippen molar-refractivity contribution in [2.24, 2.45) is 5.92 Å². The molecule has 0 aliphatic carbocycles. The van der Waals surface area contributed by atoms with E-state index in [4.69, 9.17) is 4.74 Å². The molecule has 26 heavy (non-hydrogen) atoms. The van der Waals surface area contributed by atoms with E-state index in [1.54, 1.807) is 19.2 Å². The minimum atomic E-state index is -0.654. The van der Waals surface area contributed by atoms with Crippen molar-refractivity contribution in [2.75, 3.05) is 12.4 Å². The highest BCUT2D eigenvalue weighted by molar-refractivity contribution is 7.22. The van der Waals surface area contributed by atoms with Crippen LogP contribution in [0, 0.1) is 5.92 Å². The first kappa shape index (κ1) is 18.3. The zero-order chi connectivity index (χ0) is 18.7. The summed E-state index contributed by atoms with van der Waals surface area (Å²) in [6.07, 6.45) is 0. The highest BCUT2D eigenvalue weighted by atomic mass is 32.1. The molecule has 2 N–H and O–H groups in total. The molecule has 0 aliphatic rings. The second-order valence-corrected chi connectivity index (χ2v) is 7.97. The van der Waals surface area contributed by atoms with Crippen LogP contribution in [-0.2, 0) is 4.79 Å². The lowest BCUT2D eigenvalue weighted by Gasteiger charge is -2.20. The number of thiazole rings is 1. The number of ether oxygens (including phenoxy) is 1. The third-order valence-electron chi connectivity index (χ3n) is 3.81. The van der Waals surface area contributed by atoms with Gasteiger partial charge < -0.3 is 15.4 Å². The number of aromatic nitrogens is 1. The van der Waals surface area contributed by atoms with Gasteiger partial charge in [-0.3, -0.25) is 9.59 Å². The van der Waals surface area contributed by atoms with Crippen LogP contribution < -0.4 is 15.4 Å². The molecule has 1 aromatic carbocycles. The highest BCUT2D eigenvalue weighted by Gasteiger charge is 2.26. The molecule has 0 fully saturated rings. The number of nitrogens with one attached hydrogen (secondary N) is 2. The highest BCUT2D eigenvalue weighted by Crippen LogP contribution is 2.32. The van der Waals surface area contributed by atoms with E-state index in [0.29, 0.717) is 21.3 Å². The van der Waals surface area contributed by atoms with Gasteiger partial charge >= 0.3 is 0 Å². The molecule has 3 rings (SSSR count). The zero-order valence-electron chi connectivity index (χ0n) is 14.6. The maximum Gasteiger partial charge on any atom is 0.262 e. The molecule has 2 heterocycles. The number of hydrogen-bond acceptors (Lipinski definition) is 6. The first-order chi connectivity index (χ1) is 12.5. The molecule has 1 atom stereocenters. The lowest BCUT2D eigenvalue weighted by atomic mass is 10.0. The Morgan fingerprint density at radius 1 is 1.19 bits per heavy atom. The number of nitrogens with zero attached hydrogens (tertiary/aromatic N) is 1. The fourth-order valence-electron chi connectivity index (χ4n) is 2.48. The SMILES string of the molecule is COc1cccc2sc(NC(=O)C(NC(=O)c3cccs3)C(C)C)nc12. The molecule has 0 aliphatic heterocycles. The topological polar surface area (TPSA) is 80.3 Å². The number of thiophene rings is 1. The molecule has 0 bridgehead atoms. The van der Waals surface area contributed by atoms with Crippen molar-refractivity contribution in [3.8, 4) is 5.75 Å². The van der Waals surface area contributed by atoms with Gasteiger partial charge in [-0.1, -0.05) is 37.3 Å². The van der Waals surface area contributed by atoms with E-state index in [0.717, 1.165) is 4.70 Å². The van der Waals surface area contributed by atoms with Gasteiger partial charge in [0.15, 0.2) is 5.13 Å². The summed E-state index contributed by atoms with van der Waals surface area (Å²) in [5.74, 6) is 0.0521. The van der Waals surface area contributed by atoms with Gasteiger partial charge in [-0.15, -0.1) is 11.3 Å². The normalized spacial score (nSPS) is 12.2. The second kappa shape index (κ2) is 7.84. The van der Waals surface area contributed by atoms with Crippen LogP contribution in [0.4, 0.5) is 5.13 Å². The lowest BCUT2D eigenvalue weighted by molar-refractivity contribution is -0.118. The monoisotopic (exact) mass is 389 g/mol. The van der Waals surface area contributed by atoms with E-state index in [1.807, 2.05) is 37.4 Å². The predicted octanol–water partition coefficient (Wildman–Crippen LogP) is 3.76. The van der Waals surface area contributed by atoms with Gasteiger partial charge in [0.05, 0.1) is 16.7 Å². The van der Waals surface area contributed by atoms with Crippen LogP contribution >= 0.6 is 22.7 Å². The Balaban J connectivity index is 1.77. The maximum absolute atomic E-state index is 12.7. The van der Waals surface area contributed by atoms with Crippen molar-refractivity contribution in [1.82, 2.24) is 10.3 Å².